The quantitative estimate of drug-likeness (QED) is 0.852. The first-order valence-electron chi connectivity index (χ1n) is 7.31. The summed E-state index contributed by atoms with van der Waals surface area (Å²) in [4.78, 5) is 17.5. The van der Waals surface area contributed by atoms with Crippen molar-refractivity contribution in [3.8, 4) is 0 Å². The second kappa shape index (κ2) is 6.02. The Kier molecular flexibility index (Phi) is 4.21. The van der Waals surface area contributed by atoms with Gasteiger partial charge in [-0.2, -0.15) is 0 Å². The fourth-order valence-corrected chi connectivity index (χ4v) is 6.06. The van der Waals surface area contributed by atoms with E-state index in [1.807, 2.05) is 50.2 Å². The van der Waals surface area contributed by atoms with Gasteiger partial charge in [0.25, 0.3) is 0 Å². The molecule has 2 aromatic rings. The van der Waals surface area contributed by atoms with E-state index in [4.69, 9.17) is 0 Å². The lowest BCUT2D eigenvalue weighted by Crippen LogP contribution is -2.44. The summed E-state index contributed by atoms with van der Waals surface area (Å²) in [7, 11) is -2.94. The molecule has 1 aromatic carbocycles. The van der Waals surface area contributed by atoms with E-state index in [0.29, 0.717) is 11.0 Å². The highest BCUT2D eigenvalue weighted by Crippen LogP contribution is 2.51. The van der Waals surface area contributed by atoms with Crippen molar-refractivity contribution in [3.63, 3.8) is 0 Å². The van der Waals surface area contributed by atoms with Crippen molar-refractivity contribution < 1.29 is 9.36 Å². The highest BCUT2D eigenvalue weighted by Gasteiger charge is 2.40. The van der Waals surface area contributed by atoms with Crippen molar-refractivity contribution >= 4 is 36.1 Å². The predicted octanol–water partition coefficient (Wildman–Crippen LogP) is 4.02. The molecule has 0 bridgehead atoms. The van der Waals surface area contributed by atoms with Crippen molar-refractivity contribution in [2.24, 2.45) is 0 Å². The lowest BCUT2D eigenvalue weighted by atomic mass is 10.3. The van der Waals surface area contributed by atoms with Crippen molar-refractivity contribution in [2.75, 3.05) is 12.0 Å². The van der Waals surface area contributed by atoms with Gasteiger partial charge < -0.3 is 5.32 Å². The number of hydrogen-bond donors (Lipinski definition) is 1. The lowest BCUT2D eigenvalue weighted by molar-refractivity contribution is 0.229. The Morgan fingerprint density at radius 2 is 2.04 bits per heavy atom. The minimum absolute atomic E-state index is 0.133. The van der Waals surface area contributed by atoms with Gasteiger partial charge in [0.05, 0.1) is 11.0 Å². The Balaban J connectivity index is 2.01. The Morgan fingerprint density at radius 1 is 1.26 bits per heavy atom. The number of carbonyl (C=O) groups is 1. The van der Waals surface area contributed by atoms with Gasteiger partial charge >= 0.3 is 6.03 Å². The molecule has 120 valence electrons. The third kappa shape index (κ3) is 3.01. The zero-order valence-electron chi connectivity index (χ0n) is 13.2. The highest BCUT2D eigenvalue weighted by atomic mass is 32.2. The standard InChI is InChI=1S/C16H18N3O2PS/c1-11(2)19-16(20)18-13-8-7-12(10-14(13)22(19,3)21)23-15-6-4-5-9-17-15/h4-11H,1-3H3,(H,18,20). The van der Waals surface area contributed by atoms with Gasteiger partial charge in [-0.05, 0) is 44.2 Å². The lowest BCUT2D eigenvalue weighted by Gasteiger charge is -2.37. The van der Waals surface area contributed by atoms with Crippen LogP contribution >= 0.6 is 19.1 Å². The van der Waals surface area contributed by atoms with E-state index in [0.717, 1.165) is 9.92 Å². The van der Waals surface area contributed by atoms with Gasteiger partial charge in [0, 0.05) is 23.8 Å². The van der Waals surface area contributed by atoms with E-state index in [1.54, 1.807) is 12.9 Å². The molecule has 1 atom stereocenters. The number of hydrogen-bond acceptors (Lipinski definition) is 4. The van der Waals surface area contributed by atoms with Gasteiger partial charge in [0.1, 0.15) is 5.03 Å². The van der Waals surface area contributed by atoms with Crippen molar-refractivity contribution in [1.29, 1.82) is 0 Å². The minimum atomic E-state index is -2.94. The molecule has 2 heterocycles. The molecule has 0 saturated heterocycles. The van der Waals surface area contributed by atoms with Gasteiger partial charge in [-0.15, -0.1) is 0 Å². The number of nitrogens with zero attached hydrogens (tertiary/aromatic N) is 2. The Morgan fingerprint density at radius 3 is 2.70 bits per heavy atom. The van der Waals surface area contributed by atoms with E-state index in [9.17, 15) is 9.36 Å². The summed E-state index contributed by atoms with van der Waals surface area (Å²) in [6, 6.07) is 10.9. The van der Waals surface area contributed by atoms with E-state index in [1.165, 1.54) is 16.4 Å². The van der Waals surface area contributed by atoms with Gasteiger partial charge in [0.2, 0.25) is 7.29 Å². The van der Waals surface area contributed by atoms with Crippen LogP contribution in [0.4, 0.5) is 10.5 Å². The molecule has 1 N–H and O–H groups in total. The van der Waals surface area contributed by atoms with E-state index < -0.39 is 7.29 Å². The van der Waals surface area contributed by atoms with Gasteiger partial charge in [0.15, 0.2) is 0 Å². The Bertz CT molecular complexity index is 795. The third-order valence-corrected chi connectivity index (χ3v) is 7.30. The van der Waals surface area contributed by atoms with Crippen LogP contribution in [-0.4, -0.2) is 28.4 Å². The molecule has 0 aliphatic carbocycles. The molecule has 1 aromatic heterocycles. The molecule has 0 spiro atoms. The number of pyridine rings is 1. The second-order valence-corrected chi connectivity index (χ2v) is 9.46. The summed E-state index contributed by atoms with van der Waals surface area (Å²) in [5.74, 6) is 0. The molecule has 23 heavy (non-hydrogen) atoms. The van der Waals surface area contributed by atoms with Crippen LogP contribution in [0.25, 0.3) is 0 Å². The van der Waals surface area contributed by atoms with Crippen LogP contribution in [0, 0.1) is 0 Å². The zero-order valence-corrected chi connectivity index (χ0v) is 14.9. The van der Waals surface area contributed by atoms with Crippen LogP contribution < -0.4 is 10.6 Å². The Labute approximate surface area is 139 Å². The third-order valence-electron chi connectivity index (χ3n) is 3.63. The average Bonchev–Trinajstić information content (AvgIpc) is 2.48. The molecule has 5 nitrogen and oxygen atoms in total. The number of rotatable bonds is 3. The molecule has 1 aliphatic rings. The molecular formula is C16H18N3O2PS. The normalized spacial score (nSPS) is 20.3. The van der Waals surface area contributed by atoms with Gasteiger partial charge in [-0.25, -0.2) is 9.78 Å². The molecule has 3 rings (SSSR count). The van der Waals surface area contributed by atoms with Gasteiger partial charge in [-0.3, -0.25) is 9.24 Å². The summed E-state index contributed by atoms with van der Waals surface area (Å²) >= 11 is 1.51. The highest BCUT2D eigenvalue weighted by molar-refractivity contribution is 7.99. The van der Waals surface area contributed by atoms with Crippen LogP contribution in [0.1, 0.15) is 13.8 Å². The minimum Gasteiger partial charge on any atom is -0.307 e. The topological polar surface area (TPSA) is 62.3 Å². The number of nitrogens with one attached hydrogen (secondary N) is 1. The molecule has 0 fully saturated rings. The molecular weight excluding hydrogens is 329 g/mol. The van der Waals surface area contributed by atoms with E-state index in [2.05, 4.69) is 10.3 Å². The fourth-order valence-electron chi connectivity index (χ4n) is 2.69. The maximum atomic E-state index is 13.3. The zero-order chi connectivity index (χ0) is 16.6. The first-order chi connectivity index (χ1) is 10.9. The van der Waals surface area contributed by atoms with Crippen molar-refractivity contribution in [1.82, 2.24) is 9.65 Å². The average molecular weight is 347 g/mol. The molecule has 1 unspecified atom stereocenters. The molecule has 2 amide bonds. The number of amides is 2. The van der Waals surface area contributed by atoms with Gasteiger partial charge in [-0.1, -0.05) is 17.8 Å². The summed E-state index contributed by atoms with van der Waals surface area (Å²) in [6.45, 7) is 5.39. The number of urea groups is 1. The first-order valence-corrected chi connectivity index (χ1v) is 10.2. The molecule has 7 heteroatoms. The van der Waals surface area contributed by atoms with E-state index >= 15 is 0 Å². The predicted molar refractivity (Wildman–Crippen MR) is 94.0 cm³/mol. The SMILES string of the molecule is CC(C)N1C(=O)Nc2ccc(Sc3ccccn3)cc2P1(C)=O. The van der Waals surface area contributed by atoms with Crippen LogP contribution in [0.2, 0.25) is 0 Å². The monoisotopic (exact) mass is 347 g/mol. The summed E-state index contributed by atoms with van der Waals surface area (Å²) in [5.41, 5.74) is 0.628. The molecule has 0 saturated carbocycles. The summed E-state index contributed by atoms with van der Waals surface area (Å²) < 4.78 is 14.7. The number of aromatic nitrogens is 1. The number of benzene rings is 1. The first kappa shape index (κ1) is 16.1. The number of anilines is 1. The summed E-state index contributed by atoms with van der Waals surface area (Å²) in [5, 5.41) is 4.39. The maximum absolute atomic E-state index is 13.3. The van der Waals surface area contributed by atoms with Crippen LogP contribution in [-0.2, 0) is 4.57 Å². The van der Waals surface area contributed by atoms with Crippen LogP contribution in [0.15, 0.2) is 52.5 Å². The molecule has 0 radical (unpaired) electrons. The summed E-state index contributed by atoms with van der Waals surface area (Å²) in [6.07, 6.45) is 1.74. The maximum Gasteiger partial charge on any atom is 0.327 e. The second-order valence-electron chi connectivity index (χ2n) is 5.70. The number of fused-ring (bicyclic) bond motifs is 1. The van der Waals surface area contributed by atoms with Crippen LogP contribution in [0.3, 0.4) is 0 Å². The smallest absolute Gasteiger partial charge is 0.307 e. The Hall–Kier alpha value is -1.78. The van der Waals surface area contributed by atoms with Crippen LogP contribution in [0.5, 0.6) is 0 Å². The van der Waals surface area contributed by atoms with Crippen molar-refractivity contribution in [2.45, 2.75) is 29.8 Å². The molecule has 1 aliphatic heterocycles. The van der Waals surface area contributed by atoms with E-state index in [-0.39, 0.29) is 12.1 Å². The largest absolute Gasteiger partial charge is 0.327 e. The fraction of sp³-hybridized carbons (Fsp3) is 0.250. The number of carbonyl (C=O) groups excluding carboxylic acids is 1. The van der Waals surface area contributed by atoms with Crippen molar-refractivity contribution in [3.05, 3.63) is 42.6 Å².